The van der Waals surface area contributed by atoms with Gasteiger partial charge in [0.25, 0.3) is 0 Å². The summed E-state index contributed by atoms with van der Waals surface area (Å²) in [4.78, 5) is 4.32. The molecule has 0 amide bonds. The molecule has 0 aromatic carbocycles. The first-order valence-electron chi connectivity index (χ1n) is 4.67. The zero-order chi connectivity index (χ0) is 11.5. The van der Waals surface area contributed by atoms with Crippen molar-refractivity contribution in [1.29, 1.82) is 0 Å². The predicted octanol–water partition coefficient (Wildman–Crippen LogP) is 2.95. The highest BCUT2D eigenvalue weighted by atomic mass is 79.9. The fourth-order valence-corrected chi connectivity index (χ4v) is 2.40. The van der Waals surface area contributed by atoms with Gasteiger partial charge in [0.05, 0.1) is 24.1 Å². The van der Waals surface area contributed by atoms with E-state index < -0.39 is 0 Å². The van der Waals surface area contributed by atoms with Gasteiger partial charge in [-0.05, 0) is 37.9 Å². The Kier molecular flexibility index (Phi) is 3.60. The lowest BCUT2D eigenvalue weighted by Crippen LogP contribution is -2.01. The van der Waals surface area contributed by atoms with Crippen LogP contribution in [0.1, 0.15) is 5.69 Å². The summed E-state index contributed by atoms with van der Waals surface area (Å²) in [6.45, 7) is 0.666. The number of nitrogens with zero attached hydrogens (tertiary/aromatic N) is 3. The molecule has 2 aromatic heterocycles. The molecule has 0 aliphatic rings. The molecule has 0 atom stereocenters. The summed E-state index contributed by atoms with van der Waals surface area (Å²) in [5.41, 5.74) is 1.95. The molecular formula is C10H10Br2N4. The number of halogens is 2. The van der Waals surface area contributed by atoms with Gasteiger partial charge in [0.15, 0.2) is 0 Å². The summed E-state index contributed by atoms with van der Waals surface area (Å²) >= 11 is 6.84. The molecule has 16 heavy (non-hydrogen) atoms. The van der Waals surface area contributed by atoms with Gasteiger partial charge in [0.2, 0.25) is 0 Å². The maximum Gasteiger partial charge on any atom is 0.0737 e. The van der Waals surface area contributed by atoms with E-state index in [0.29, 0.717) is 6.54 Å². The maximum absolute atomic E-state index is 4.32. The lowest BCUT2D eigenvalue weighted by atomic mass is 10.3. The normalized spacial score (nSPS) is 10.4. The number of aryl methyl sites for hydroxylation is 1. The van der Waals surface area contributed by atoms with Crippen molar-refractivity contribution < 1.29 is 0 Å². The van der Waals surface area contributed by atoms with Crippen LogP contribution < -0.4 is 5.32 Å². The molecule has 0 saturated heterocycles. The number of aromatic nitrogens is 3. The minimum Gasteiger partial charge on any atom is -0.377 e. The van der Waals surface area contributed by atoms with E-state index in [-0.39, 0.29) is 0 Å². The second-order valence-electron chi connectivity index (χ2n) is 3.34. The SMILES string of the molecule is Cn1cc(NCc2ncc(Br)cc2Br)cn1. The molecule has 0 fully saturated rings. The molecule has 84 valence electrons. The van der Waals surface area contributed by atoms with Gasteiger partial charge in [-0.25, -0.2) is 0 Å². The molecule has 1 N–H and O–H groups in total. The van der Waals surface area contributed by atoms with Crippen LogP contribution in [0.15, 0.2) is 33.6 Å². The Morgan fingerprint density at radius 2 is 2.19 bits per heavy atom. The van der Waals surface area contributed by atoms with Crippen LogP contribution in [-0.4, -0.2) is 14.8 Å². The molecule has 2 rings (SSSR count). The molecule has 0 unspecified atom stereocenters. The molecule has 0 spiro atoms. The standard InChI is InChI=1S/C10H10Br2N4/c1-16-6-8(4-15-16)13-5-10-9(12)2-7(11)3-14-10/h2-4,6,13H,5H2,1H3. The summed E-state index contributed by atoms with van der Waals surface area (Å²) in [7, 11) is 1.89. The largest absolute Gasteiger partial charge is 0.377 e. The summed E-state index contributed by atoms with van der Waals surface area (Å²) in [6.07, 6.45) is 5.49. The van der Waals surface area contributed by atoms with Crippen molar-refractivity contribution in [2.24, 2.45) is 7.05 Å². The Morgan fingerprint density at radius 3 is 2.81 bits per heavy atom. The third-order valence-corrected chi connectivity index (χ3v) is 3.17. The van der Waals surface area contributed by atoms with Crippen molar-refractivity contribution in [2.75, 3.05) is 5.32 Å². The molecular weight excluding hydrogens is 336 g/mol. The minimum atomic E-state index is 0.666. The van der Waals surface area contributed by atoms with Gasteiger partial charge < -0.3 is 5.32 Å². The van der Waals surface area contributed by atoms with Crippen molar-refractivity contribution in [2.45, 2.75) is 6.54 Å². The smallest absolute Gasteiger partial charge is 0.0737 e. The molecule has 0 saturated carbocycles. The average molecular weight is 346 g/mol. The van der Waals surface area contributed by atoms with Crippen LogP contribution in [0, 0.1) is 0 Å². The van der Waals surface area contributed by atoms with Gasteiger partial charge in [-0.2, -0.15) is 5.10 Å². The second-order valence-corrected chi connectivity index (χ2v) is 5.11. The first kappa shape index (κ1) is 11.6. The van der Waals surface area contributed by atoms with Crippen LogP contribution in [0.2, 0.25) is 0 Å². The Hall–Kier alpha value is -0.880. The molecule has 4 nitrogen and oxygen atoms in total. The van der Waals surface area contributed by atoms with E-state index in [1.807, 2.05) is 19.3 Å². The lowest BCUT2D eigenvalue weighted by molar-refractivity contribution is 0.768. The summed E-state index contributed by atoms with van der Waals surface area (Å²) in [5, 5.41) is 7.33. The van der Waals surface area contributed by atoms with Gasteiger partial charge in [-0.3, -0.25) is 9.67 Å². The Labute approximate surface area is 110 Å². The van der Waals surface area contributed by atoms with E-state index in [1.54, 1.807) is 17.1 Å². The fourth-order valence-electron chi connectivity index (χ4n) is 1.27. The summed E-state index contributed by atoms with van der Waals surface area (Å²) in [5.74, 6) is 0. The second kappa shape index (κ2) is 4.97. The van der Waals surface area contributed by atoms with Crippen molar-refractivity contribution in [3.8, 4) is 0 Å². The summed E-state index contributed by atoms with van der Waals surface area (Å²) in [6, 6.07) is 1.98. The van der Waals surface area contributed by atoms with E-state index in [1.165, 1.54) is 0 Å². The highest BCUT2D eigenvalue weighted by Crippen LogP contribution is 2.20. The highest BCUT2D eigenvalue weighted by Gasteiger charge is 2.02. The molecule has 2 heterocycles. The first-order chi connectivity index (χ1) is 7.65. The van der Waals surface area contributed by atoms with E-state index in [9.17, 15) is 0 Å². The third-order valence-electron chi connectivity index (χ3n) is 2.05. The van der Waals surface area contributed by atoms with Gasteiger partial charge >= 0.3 is 0 Å². The van der Waals surface area contributed by atoms with E-state index in [2.05, 4.69) is 47.3 Å². The predicted molar refractivity (Wildman–Crippen MR) is 70.2 cm³/mol. The van der Waals surface area contributed by atoms with Gasteiger partial charge in [-0.1, -0.05) is 0 Å². The highest BCUT2D eigenvalue weighted by molar-refractivity contribution is 9.11. The Balaban J connectivity index is 2.04. The zero-order valence-corrected chi connectivity index (χ0v) is 11.8. The monoisotopic (exact) mass is 344 g/mol. The molecule has 6 heteroatoms. The number of pyridine rings is 1. The molecule has 2 aromatic rings. The van der Waals surface area contributed by atoms with E-state index in [0.717, 1.165) is 20.3 Å². The quantitative estimate of drug-likeness (QED) is 0.930. The number of hydrogen-bond donors (Lipinski definition) is 1. The molecule has 0 aliphatic carbocycles. The Bertz CT molecular complexity index is 495. The van der Waals surface area contributed by atoms with Crippen molar-refractivity contribution >= 4 is 37.5 Å². The minimum absolute atomic E-state index is 0.666. The third kappa shape index (κ3) is 2.82. The van der Waals surface area contributed by atoms with E-state index in [4.69, 9.17) is 0 Å². The van der Waals surface area contributed by atoms with Gasteiger partial charge in [0, 0.05) is 28.4 Å². The molecule has 0 bridgehead atoms. The lowest BCUT2D eigenvalue weighted by Gasteiger charge is -2.05. The first-order valence-corrected chi connectivity index (χ1v) is 6.26. The van der Waals surface area contributed by atoms with Crippen LogP contribution in [0.5, 0.6) is 0 Å². The fraction of sp³-hybridized carbons (Fsp3) is 0.200. The van der Waals surface area contributed by atoms with Gasteiger partial charge in [-0.15, -0.1) is 0 Å². The number of rotatable bonds is 3. The van der Waals surface area contributed by atoms with E-state index >= 15 is 0 Å². The number of nitrogens with one attached hydrogen (secondary N) is 1. The summed E-state index contributed by atoms with van der Waals surface area (Å²) < 4.78 is 3.70. The van der Waals surface area contributed by atoms with Crippen LogP contribution in [0.3, 0.4) is 0 Å². The van der Waals surface area contributed by atoms with Gasteiger partial charge in [0.1, 0.15) is 0 Å². The Morgan fingerprint density at radius 1 is 1.38 bits per heavy atom. The number of anilines is 1. The van der Waals surface area contributed by atoms with Crippen molar-refractivity contribution in [3.05, 3.63) is 39.3 Å². The van der Waals surface area contributed by atoms with Crippen LogP contribution in [0.25, 0.3) is 0 Å². The zero-order valence-electron chi connectivity index (χ0n) is 8.61. The average Bonchev–Trinajstić information content (AvgIpc) is 2.63. The topological polar surface area (TPSA) is 42.7 Å². The van der Waals surface area contributed by atoms with Crippen LogP contribution in [0.4, 0.5) is 5.69 Å². The maximum atomic E-state index is 4.32. The molecule has 0 radical (unpaired) electrons. The van der Waals surface area contributed by atoms with Crippen molar-refractivity contribution in [1.82, 2.24) is 14.8 Å². The number of hydrogen-bond acceptors (Lipinski definition) is 3. The van der Waals surface area contributed by atoms with Crippen molar-refractivity contribution in [3.63, 3.8) is 0 Å². The van der Waals surface area contributed by atoms with Crippen LogP contribution >= 0.6 is 31.9 Å². The molecule has 0 aliphatic heterocycles. The van der Waals surface area contributed by atoms with Crippen LogP contribution in [-0.2, 0) is 13.6 Å².